The molecule has 1 heterocycles. The number of nitrogens with one attached hydrogen (secondary N) is 2. The molecule has 178 valence electrons. The number of anilines is 2. The summed E-state index contributed by atoms with van der Waals surface area (Å²) in [5, 5.41) is 2.78. The van der Waals surface area contributed by atoms with Gasteiger partial charge < -0.3 is 10.2 Å². The normalized spacial score (nSPS) is 16.9. The molecule has 2 amide bonds. The number of likely N-dealkylation sites (tertiary alicyclic amines) is 1. The van der Waals surface area contributed by atoms with Crippen LogP contribution in [0.5, 0.6) is 0 Å². The summed E-state index contributed by atoms with van der Waals surface area (Å²) < 4.78 is 42.0. The van der Waals surface area contributed by atoms with E-state index in [2.05, 4.69) is 10.0 Å². The van der Waals surface area contributed by atoms with Crippen LogP contribution in [0, 0.1) is 24.1 Å². The third kappa shape index (κ3) is 5.90. The van der Waals surface area contributed by atoms with Crippen LogP contribution in [0.25, 0.3) is 0 Å². The van der Waals surface area contributed by atoms with Crippen molar-refractivity contribution in [2.75, 3.05) is 23.1 Å². The summed E-state index contributed by atoms with van der Waals surface area (Å²) >= 11 is 0. The number of sulfonamides is 1. The Morgan fingerprint density at radius 2 is 1.82 bits per heavy atom. The summed E-state index contributed by atoms with van der Waals surface area (Å²) in [5.41, 5.74) is 0.0940. The van der Waals surface area contributed by atoms with E-state index < -0.39 is 21.3 Å². The number of aryl methyl sites for hydroxylation is 1. The molecule has 0 saturated carbocycles. The zero-order valence-corrected chi connectivity index (χ0v) is 20.1. The fourth-order valence-corrected chi connectivity index (χ4v) is 5.14. The smallest absolute Gasteiger partial charge is 0.262 e. The number of para-hydroxylation sites is 1. The van der Waals surface area contributed by atoms with Gasteiger partial charge in [0.15, 0.2) is 0 Å². The molecular formula is C24H30FN3O4S. The lowest BCUT2D eigenvalue weighted by Crippen LogP contribution is -2.47. The molecule has 2 N–H and O–H groups in total. The predicted octanol–water partition coefficient (Wildman–Crippen LogP) is 4.16. The Balaban J connectivity index is 1.76. The Labute approximate surface area is 194 Å². The van der Waals surface area contributed by atoms with Gasteiger partial charge in [-0.1, -0.05) is 39.0 Å². The molecule has 2 aromatic carbocycles. The zero-order valence-electron chi connectivity index (χ0n) is 19.3. The highest BCUT2D eigenvalue weighted by Crippen LogP contribution is 2.27. The highest BCUT2D eigenvalue weighted by atomic mass is 32.2. The minimum atomic E-state index is -4.08. The van der Waals surface area contributed by atoms with Crippen LogP contribution in [-0.4, -0.2) is 38.2 Å². The largest absolute Gasteiger partial charge is 0.341 e. The second-order valence-electron chi connectivity index (χ2n) is 9.40. The SMILES string of the molecule is Cc1ccc(NC(=O)C2CCCN(C(=O)C(C)(C)C)C2)cc1S(=O)(=O)Nc1ccccc1F. The van der Waals surface area contributed by atoms with Crippen molar-refractivity contribution in [2.45, 2.75) is 45.4 Å². The molecular weight excluding hydrogens is 445 g/mol. The topological polar surface area (TPSA) is 95.6 Å². The van der Waals surface area contributed by atoms with Crippen LogP contribution in [0.2, 0.25) is 0 Å². The molecule has 0 spiro atoms. The molecule has 0 radical (unpaired) electrons. The van der Waals surface area contributed by atoms with Crippen molar-refractivity contribution in [2.24, 2.45) is 11.3 Å². The van der Waals surface area contributed by atoms with Gasteiger partial charge in [-0.25, -0.2) is 12.8 Å². The summed E-state index contributed by atoms with van der Waals surface area (Å²) in [6.07, 6.45) is 1.37. The number of rotatable bonds is 5. The minimum Gasteiger partial charge on any atom is -0.341 e. The molecule has 1 unspecified atom stereocenters. The van der Waals surface area contributed by atoms with Crippen LogP contribution >= 0.6 is 0 Å². The number of benzene rings is 2. The molecule has 9 heteroatoms. The van der Waals surface area contributed by atoms with E-state index in [1.165, 1.54) is 30.3 Å². The first-order valence-electron chi connectivity index (χ1n) is 10.9. The van der Waals surface area contributed by atoms with Crippen molar-refractivity contribution in [1.82, 2.24) is 4.90 Å². The second kappa shape index (κ2) is 9.51. The van der Waals surface area contributed by atoms with E-state index in [0.29, 0.717) is 30.8 Å². The van der Waals surface area contributed by atoms with Crippen LogP contribution in [0.15, 0.2) is 47.4 Å². The van der Waals surface area contributed by atoms with Gasteiger partial charge in [0.25, 0.3) is 10.0 Å². The fraction of sp³-hybridized carbons (Fsp3) is 0.417. The van der Waals surface area contributed by atoms with Crippen LogP contribution in [0.3, 0.4) is 0 Å². The van der Waals surface area contributed by atoms with Crippen LogP contribution in [0.4, 0.5) is 15.8 Å². The van der Waals surface area contributed by atoms with E-state index in [9.17, 15) is 22.4 Å². The van der Waals surface area contributed by atoms with Crippen molar-refractivity contribution in [1.29, 1.82) is 0 Å². The van der Waals surface area contributed by atoms with Crippen LogP contribution in [-0.2, 0) is 19.6 Å². The maximum absolute atomic E-state index is 13.9. The van der Waals surface area contributed by atoms with Gasteiger partial charge in [-0.3, -0.25) is 14.3 Å². The van der Waals surface area contributed by atoms with Gasteiger partial charge in [0.1, 0.15) is 5.82 Å². The van der Waals surface area contributed by atoms with Crippen molar-refractivity contribution < 1.29 is 22.4 Å². The molecule has 0 aliphatic carbocycles. The molecule has 0 aromatic heterocycles. The molecule has 1 fully saturated rings. The summed E-state index contributed by atoms with van der Waals surface area (Å²) in [6.45, 7) is 8.12. The molecule has 1 aliphatic rings. The first-order chi connectivity index (χ1) is 15.4. The molecule has 1 atom stereocenters. The predicted molar refractivity (Wildman–Crippen MR) is 126 cm³/mol. The fourth-order valence-electron chi connectivity index (χ4n) is 3.81. The number of carbonyl (C=O) groups excluding carboxylic acids is 2. The number of hydrogen-bond acceptors (Lipinski definition) is 4. The lowest BCUT2D eigenvalue weighted by atomic mass is 9.91. The summed E-state index contributed by atoms with van der Waals surface area (Å²) in [4.78, 5) is 27.2. The van der Waals surface area contributed by atoms with Crippen molar-refractivity contribution in [3.8, 4) is 0 Å². The maximum Gasteiger partial charge on any atom is 0.262 e. The average molecular weight is 476 g/mol. The average Bonchev–Trinajstić information content (AvgIpc) is 2.75. The molecule has 33 heavy (non-hydrogen) atoms. The molecule has 2 aromatic rings. The van der Waals surface area contributed by atoms with Crippen molar-refractivity contribution in [3.63, 3.8) is 0 Å². The monoisotopic (exact) mass is 475 g/mol. The van der Waals surface area contributed by atoms with Gasteiger partial charge in [0, 0.05) is 24.2 Å². The maximum atomic E-state index is 13.9. The molecule has 7 nitrogen and oxygen atoms in total. The summed E-state index contributed by atoms with van der Waals surface area (Å²) in [7, 11) is -4.08. The summed E-state index contributed by atoms with van der Waals surface area (Å²) in [6, 6.07) is 10.1. The van der Waals surface area contributed by atoms with E-state index in [0.717, 1.165) is 6.42 Å². The van der Waals surface area contributed by atoms with Crippen molar-refractivity contribution >= 4 is 33.2 Å². The minimum absolute atomic E-state index is 0.00272. The molecule has 3 rings (SSSR count). The third-order valence-corrected chi connectivity index (χ3v) is 7.09. The van der Waals surface area contributed by atoms with Gasteiger partial charge in [-0.2, -0.15) is 0 Å². The van der Waals surface area contributed by atoms with Crippen molar-refractivity contribution in [3.05, 3.63) is 53.8 Å². The van der Waals surface area contributed by atoms with E-state index in [4.69, 9.17) is 0 Å². The van der Waals surface area contributed by atoms with Gasteiger partial charge in [0.05, 0.1) is 16.5 Å². The van der Waals surface area contributed by atoms with Crippen LogP contribution < -0.4 is 10.0 Å². The van der Waals surface area contributed by atoms with Gasteiger partial charge >= 0.3 is 0 Å². The number of halogens is 1. The second-order valence-corrected chi connectivity index (χ2v) is 11.0. The Kier molecular flexibility index (Phi) is 7.11. The number of piperidine rings is 1. The van der Waals surface area contributed by atoms with E-state index in [-0.39, 0.29) is 28.3 Å². The highest BCUT2D eigenvalue weighted by molar-refractivity contribution is 7.92. The number of amides is 2. The number of hydrogen-bond donors (Lipinski definition) is 2. The first-order valence-corrected chi connectivity index (χ1v) is 12.3. The molecule has 0 bridgehead atoms. The Morgan fingerprint density at radius 3 is 2.48 bits per heavy atom. The molecule has 1 saturated heterocycles. The zero-order chi connectivity index (χ0) is 24.4. The van der Waals surface area contributed by atoms with E-state index in [1.54, 1.807) is 24.0 Å². The lowest BCUT2D eigenvalue weighted by Gasteiger charge is -2.35. The van der Waals surface area contributed by atoms with Gasteiger partial charge in [-0.05, 0) is 49.6 Å². The number of carbonyl (C=O) groups is 2. The lowest BCUT2D eigenvalue weighted by molar-refractivity contribution is -0.142. The molecule has 1 aliphatic heterocycles. The first kappa shape index (κ1) is 24.7. The van der Waals surface area contributed by atoms with E-state index >= 15 is 0 Å². The van der Waals surface area contributed by atoms with Crippen LogP contribution in [0.1, 0.15) is 39.2 Å². The Bertz CT molecular complexity index is 1160. The summed E-state index contributed by atoms with van der Waals surface area (Å²) in [5.74, 6) is -1.34. The standard InChI is InChI=1S/C24H30FN3O4S/c1-16-11-12-18(14-21(16)33(31,32)27-20-10-6-5-9-19(20)25)26-22(29)17-8-7-13-28(15-17)23(30)24(2,3)4/h5-6,9-12,14,17,27H,7-8,13,15H2,1-4H3,(H,26,29). The van der Waals surface area contributed by atoms with Gasteiger partial charge in [-0.15, -0.1) is 0 Å². The Morgan fingerprint density at radius 1 is 1.12 bits per heavy atom. The quantitative estimate of drug-likeness (QED) is 0.679. The van der Waals surface area contributed by atoms with Gasteiger partial charge in [0.2, 0.25) is 11.8 Å². The van der Waals surface area contributed by atoms with E-state index in [1.807, 2.05) is 20.8 Å². The third-order valence-electron chi connectivity index (χ3n) is 5.58. The Hall–Kier alpha value is -2.94. The highest BCUT2D eigenvalue weighted by Gasteiger charge is 2.33. The number of nitrogens with zero attached hydrogens (tertiary/aromatic N) is 1.